The summed E-state index contributed by atoms with van der Waals surface area (Å²) >= 11 is 7.67. The fraction of sp³-hybridized carbons (Fsp3) is 0.385. The third-order valence-electron chi connectivity index (χ3n) is 3.07. The molecule has 1 atom stereocenters. The quantitative estimate of drug-likeness (QED) is 0.944. The first kappa shape index (κ1) is 13.9. The third kappa shape index (κ3) is 3.13. The van der Waals surface area contributed by atoms with Gasteiger partial charge in [0.25, 0.3) is 0 Å². The van der Waals surface area contributed by atoms with Crippen molar-refractivity contribution in [2.45, 2.75) is 12.5 Å². The number of halogens is 2. The van der Waals surface area contributed by atoms with Crippen LogP contribution in [0, 0.1) is 5.82 Å². The Morgan fingerprint density at radius 3 is 3.15 bits per heavy atom. The van der Waals surface area contributed by atoms with E-state index in [1.165, 1.54) is 12.1 Å². The van der Waals surface area contributed by atoms with Crippen LogP contribution in [0.15, 0.2) is 22.7 Å². The molecule has 1 N–H and O–H groups in total. The molecule has 2 aromatic rings. The number of hydrogen-bond acceptors (Lipinski definition) is 5. The van der Waals surface area contributed by atoms with Gasteiger partial charge in [-0.2, -0.15) is 16.7 Å². The number of benzene rings is 1. The van der Waals surface area contributed by atoms with Crippen LogP contribution in [0.3, 0.4) is 0 Å². The molecular weight excluding hydrogens is 301 g/mol. The highest BCUT2D eigenvalue weighted by molar-refractivity contribution is 7.99. The summed E-state index contributed by atoms with van der Waals surface area (Å²) in [5.74, 6) is 2.74. The Labute approximate surface area is 125 Å². The van der Waals surface area contributed by atoms with Gasteiger partial charge in [0, 0.05) is 36.1 Å². The first-order valence-electron chi connectivity index (χ1n) is 6.31. The summed E-state index contributed by atoms with van der Waals surface area (Å²) in [6.07, 6.45) is 0.703. The van der Waals surface area contributed by atoms with Crippen molar-refractivity contribution in [2.24, 2.45) is 0 Å². The van der Waals surface area contributed by atoms with Crippen LogP contribution in [0.1, 0.15) is 5.89 Å². The molecule has 1 saturated heterocycles. The van der Waals surface area contributed by atoms with Gasteiger partial charge in [0.1, 0.15) is 5.82 Å². The number of rotatable bonds is 3. The average molecular weight is 314 g/mol. The Morgan fingerprint density at radius 1 is 1.50 bits per heavy atom. The van der Waals surface area contributed by atoms with Gasteiger partial charge in [-0.15, -0.1) is 0 Å². The van der Waals surface area contributed by atoms with Crippen molar-refractivity contribution in [1.82, 2.24) is 15.5 Å². The predicted molar refractivity (Wildman–Crippen MR) is 77.5 cm³/mol. The van der Waals surface area contributed by atoms with Gasteiger partial charge in [0.2, 0.25) is 11.7 Å². The number of nitrogens with zero attached hydrogens (tertiary/aromatic N) is 2. The molecule has 0 aliphatic carbocycles. The highest BCUT2D eigenvalue weighted by atomic mass is 35.5. The maximum Gasteiger partial charge on any atom is 0.228 e. The Bertz CT molecular complexity index is 601. The molecule has 1 aromatic heterocycles. The molecule has 2 heterocycles. The van der Waals surface area contributed by atoms with Crippen LogP contribution in [-0.4, -0.2) is 34.2 Å². The van der Waals surface area contributed by atoms with Crippen molar-refractivity contribution < 1.29 is 8.91 Å². The SMILES string of the molecule is Fc1ccc(-c2noc(CC3CSCCN3)n2)cc1Cl. The predicted octanol–water partition coefficient (Wildman–Crippen LogP) is 2.78. The van der Waals surface area contributed by atoms with Gasteiger partial charge in [0.05, 0.1) is 5.02 Å². The smallest absolute Gasteiger partial charge is 0.228 e. The highest BCUT2D eigenvalue weighted by Crippen LogP contribution is 2.23. The van der Waals surface area contributed by atoms with E-state index >= 15 is 0 Å². The van der Waals surface area contributed by atoms with Gasteiger partial charge in [-0.3, -0.25) is 0 Å². The lowest BCUT2D eigenvalue weighted by atomic mass is 10.2. The second kappa shape index (κ2) is 6.11. The molecule has 1 aliphatic rings. The van der Waals surface area contributed by atoms with Crippen LogP contribution in [0.25, 0.3) is 11.4 Å². The topological polar surface area (TPSA) is 51.0 Å². The molecular formula is C13H13ClFN3OS. The number of thioether (sulfide) groups is 1. The normalized spacial score (nSPS) is 19.2. The maximum atomic E-state index is 13.1. The van der Waals surface area contributed by atoms with E-state index in [1.807, 2.05) is 11.8 Å². The summed E-state index contributed by atoms with van der Waals surface area (Å²) in [5.41, 5.74) is 0.650. The van der Waals surface area contributed by atoms with E-state index in [0.29, 0.717) is 29.7 Å². The van der Waals surface area contributed by atoms with Crippen LogP contribution in [0.2, 0.25) is 5.02 Å². The van der Waals surface area contributed by atoms with E-state index < -0.39 is 5.82 Å². The van der Waals surface area contributed by atoms with Crippen LogP contribution >= 0.6 is 23.4 Å². The molecule has 1 fully saturated rings. The number of aromatic nitrogens is 2. The van der Waals surface area contributed by atoms with E-state index in [0.717, 1.165) is 18.1 Å². The fourth-order valence-corrected chi connectivity index (χ4v) is 3.18. The van der Waals surface area contributed by atoms with Crippen LogP contribution in [0.5, 0.6) is 0 Å². The second-order valence-electron chi connectivity index (χ2n) is 4.57. The molecule has 0 bridgehead atoms. The van der Waals surface area contributed by atoms with E-state index in [-0.39, 0.29) is 5.02 Å². The van der Waals surface area contributed by atoms with Crippen molar-refractivity contribution in [3.05, 3.63) is 34.9 Å². The molecule has 3 rings (SSSR count). The van der Waals surface area contributed by atoms with Gasteiger partial charge in [0.15, 0.2) is 0 Å². The zero-order valence-corrected chi connectivity index (χ0v) is 12.2. The number of nitrogens with one attached hydrogen (secondary N) is 1. The van der Waals surface area contributed by atoms with E-state index in [9.17, 15) is 4.39 Å². The van der Waals surface area contributed by atoms with Gasteiger partial charge in [-0.05, 0) is 18.2 Å². The Balaban J connectivity index is 1.73. The highest BCUT2D eigenvalue weighted by Gasteiger charge is 2.18. The van der Waals surface area contributed by atoms with Crippen molar-refractivity contribution in [3.8, 4) is 11.4 Å². The Morgan fingerprint density at radius 2 is 2.40 bits per heavy atom. The molecule has 106 valence electrons. The zero-order valence-electron chi connectivity index (χ0n) is 10.6. The van der Waals surface area contributed by atoms with Crippen molar-refractivity contribution in [3.63, 3.8) is 0 Å². The summed E-state index contributed by atoms with van der Waals surface area (Å²) in [6, 6.07) is 4.75. The van der Waals surface area contributed by atoms with Gasteiger partial charge in [-0.1, -0.05) is 16.8 Å². The fourth-order valence-electron chi connectivity index (χ4n) is 2.05. The van der Waals surface area contributed by atoms with Gasteiger partial charge in [-0.25, -0.2) is 4.39 Å². The average Bonchev–Trinajstić information content (AvgIpc) is 2.91. The van der Waals surface area contributed by atoms with E-state index in [1.54, 1.807) is 6.07 Å². The molecule has 20 heavy (non-hydrogen) atoms. The molecule has 0 spiro atoms. The Kier molecular flexibility index (Phi) is 4.24. The molecule has 1 aromatic carbocycles. The second-order valence-corrected chi connectivity index (χ2v) is 6.13. The minimum absolute atomic E-state index is 0.0548. The Hall–Kier alpha value is -1.11. The van der Waals surface area contributed by atoms with Gasteiger partial charge >= 0.3 is 0 Å². The van der Waals surface area contributed by atoms with Crippen LogP contribution < -0.4 is 5.32 Å². The lowest BCUT2D eigenvalue weighted by Crippen LogP contribution is -2.38. The molecule has 0 saturated carbocycles. The van der Waals surface area contributed by atoms with Crippen LogP contribution in [-0.2, 0) is 6.42 Å². The molecule has 1 aliphatic heterocycles. The lowest BCUT2D eigenvalue weighted by Gasteiger charge is -2.21. The van der Waals surface area contributed by atoms with Crippen molar-refractivity contribution in [2.75, 3.05) is 18.1 Å². The first-order valence-corrected chi connectivity index (χ1v) is 7.85. The molecule has 7 heteroatoms. The summed E-state index contributed by atoms with van der Waals surface area (Å²) in [7, 11) is 0. The summed E-state index contributed by atoms with van der Waals surface area (Å²) < 4.78 is 18.4. The van der Waals surface area contributed by atoms with Gasteiger partial charge < -0.3 is 9.84 Å². The molecule has 4 nitrogen and oxygen atoms in total. The van der Waals surface area contributed by atoms with E-state index in [4.69, 9.17) is 16.1 Å². The standard InChI is InChI=1S/C13H13ClFN3OS/c14-10-5-8(1-2-11(10)15)13-17-12(19-18-13)6-9-7-20-4-3-16-9/h1-2,5,9,16H,3-4,6-7H2. The molecule has 0 radical (unpaired) electrons. The molecule has 1 unspecified atom stereocenters. The largest absolute Gasteiger partial charge is 0.339 e. The maximum absolute atomic E-state index is 13.1. The lowest BCUT2D eigenvalue weighted by molar-refractivity contribution is 0.363. The monoisotopic (exact) mass is 313 g/mol. The van der Waals surface area contributed by atoms with Crippen LogP contribution in [0.4, 0.5) is 4.39 Å². The molecule has 0 amide bonds. The summed E-state index contributed by atoms with van der Waals surface area (Å²) in [4.78, 5) is 4.34. The third-order valence-corrected chi connectivity index (χ3v) is 4.49. The van der Waals surface area contributed by atoms with Crippen molar-refractivity contribution >= 4 is 23.4 Å². The summed E-state index contributed by atoms with van der Waals surface area (Å²) in [6.45, 7) is 1.00. The van der Waals surface area contributed by atoms with E-state index in [2.05, 4.69) is 15.5 Å². The minimum atomic E-state index is -0.456. The summed E-state index contributed by atoms with van der Waals surface area (Å²) in [5, 5.41) is 7.39. The first-order chi connectivity index (χ1) is 9.72. The van der Waals surface area contributed by atoms with Crippen molar-refractivity contribution in [1.29, 1.82) is 0 Å². The zero-order chi connectivity index (χ0) is 13.9. The minimum Gasteiger partial charge on any atom is -0.339 e. The number of hydrogen-bond donors (Lipinski definition) is 1.